The first-order valence-electron chi connectivity index (χ1n) is 8.34. The number of rotatable bonds is 2. The molecule has 0 saturated heterocycles. The van der Waals surface area contributed by atoms with Crippen LogP contribution >= 0.6 is 11.6 Å². The molecular formula is C18H13Cl. The highest BCUT2D eigenvalue weighted by Gasteiger charge is 2.10. The van der Waals surface area contributed by atoms with Crippen molar-refractivity contribution in [3.8, 4) is 22.3 Å². The van der Waals surface area contributed by atoms with Crippen molar-refractivity contribution in [1.82, 2.24) is 0 Å². The Morgan fingerprint density at radius 2 is 1.47 bits per heavy atom. The Hall–Kier alpha value is -2.05. The van der Waals surface area contributed by atoms with Crippen LogP contribution in [0.4, 0.5) is 0 Å². The van der Waals surface area contributed by atoms with Crippen molar-refractivity contribution in [3.63, 3.8) is 0 Å². The molecule has 0 spiro atoms. The lowest BCUT2D eigenvalue weighted by molar-refractivity contribution is 1.58. The molecule has 92 valence electrons. The van der Waals surface area contributed by atoms with E-state index in [-0.39, 0.29) is 29.7 Å². The second-order valence-electron chi connectivity index (χ2n) is 4.03. The predicted octanol–water partition coefficient (Wildman–Crippen LogP) is 5.67. The Balaban J connectivity index is 2.41. The van der Waals surface area contributed by atoms with E-state index in [1.54, 1.807) is 12.1 Å². The van der Waals surface area contributed by atoms with Gasteiger partial charge in [-0.1, -0.05) is 84.3 Å². The molecule has 3 aromatic rings. The molecule has 0 radical (unpaired) electrons. The molecule has 0 aliphatic rings. The number of benzene rings is 3. The van der Waals surface area contributed by atoms with E-state index in [4.69, 9.17) is 18.5 Å². The lowest BCUT2D eigenvalue weighted by Gasteiger charge is -2.12. The number of hydrogen-bond acceptors (Lipinski definition) is 0. The molecule has 0 nitrogen and oxygen atoms in total. The zero-order valence-electron chi connectivity index (χ0n) is 15.0. The molecule has 0 fully saturated rings. The van der Waals surface area contributed by atoms with Crippen molar-refractivity contribution in [2.75, 3.05) is 0 Å². The van der Waals surface area contributed by atoms with E-state index in [1.165, 1.54) is 0 Å². The zero-order chi connectivity index (χ0) is 17.4. The van der Waals surface area contributed by atoms with Crippen molar-refractivity contribution in [1.29, 1.82) is 0 Å². The van der Waals surface area contributed by atoms with Crippen molar-refractivity contribution < 1.29 is 6.85 Å². The van der Waals surface area contributed by atoms with E-state index in [2.05, 4.69) is 0 Å². The first-order valence-corrected chi connectivity index (χ1v) is 6.22. The molecule has 3 rings (SSSR count). The van der Waals surface area contributed by atoms with E-state index in [0.29, 0.717) is 10.6 Å². The fourth-order valence-electron chi connectivity index (χ4n) is 2.01. The molecule has 0 aliphatic carbocycles. The maximum Gasteiger partial charge on any atom is 0.0629 e. The number of halogens is 1. The summed E-state index contributed by atoms with van der Waals surface area (Å²) in [5, 5.41) is 0.342. The Morgan fingerprint density at radius 1 is 0.737 bits per heavy atom. The van der Waals surface area contributed by atoms with Gasteiger partial charge in [-0.15, -0.1) is 0 Å². The third-order valence-electron chi connectivity index (χ3n) is 2.85. The third kappa shape index (κ3) is 2.40. The summed E-state index contributed by atoms with van der Waals surface area (Å²) in [7, 11) is 0. The van der Waals surface area contributed by atoms with Crippen LogP contribution in [0.2, 0.25) is 5.02 Å². The van der Waals surface area contributed by atoms with Gasteiger partial charge in [-0.25, -0.2) is 0 Å². The molecule has 0 amide bonds. The van der Waals surface area contributed by atoms with Gasteiger partial charge in [0.2, 0.25) is 0 Å². The average molecular weight is 270 g/mol. The smallest absolute Gasteiger partial charge is 0.0629 e. The summed E-state index contributed by atoms with van der Waals surface area (Å²) in [6.45, 7) is 0. The molecular weight excluding hydrogens is 252 g/mol. The second-order valence-corrected chi connectivity index (χ2v) is 4.44. The van der Waals surface area contributed by atoms with Gasteiger partial charge < -0.3 is 0 Å². The Kier molecular flexibility index (Phi) is 2.09. The highest BCUT2D eigenvalue weighted by Crippen LogP contribution is 2.37. The molecule has 0 atom stereocenters. The lowest BCUT2D eigenvalue weighted by Crippen LogP contribution is -1.86. The topological polar surface area (TPSA) is 0 Å². The SMILES string of the molecule is [2H]c1c([2H])c([2H])c(-c2c(Cl)cccc2-c2ccccc2)c([2H])c1[2H]. The van der Waals surface area contributed by atoms with Crippen molar-refractivity contribution in [2.45, 2.75) is 0 Å². The maximum absolute atomic E-state index is 8.20. The van der Waals surface area contributed by atoms with Crippen LogP contribution in [-0.4, -0.2) is 0 Å². The summed E-state index contributed by atoms with van der Waals surface area (Å²) < 4.78 is 39.9. The first-order chi connectivity index (χ1) is 11.4. The van der Waals surface area contributed by atoms with Crippen LogP contribution in [0.15, 0.2) is 78.7 Å². The van der Waals surface area contributed by atoms with E-state index >= 15 is 0 Å². The number of hydrogen-bond donors (Lipinski definition) is 0. The molecule has 0 saturated carbocycles. The van der Waals surface area contributed by atoms with Gasteiger partial charge in [-0.2, -0.15) is 0 Å². The van der Waals surface area contributed by atoms with Gasteiger partial charge in [0.15, 0.2) is 0 Å². The van der Waals surface area contributed by atoms with Crippen molar-refractivity contribution >= 4 is 11.6 Å². The van der Waals surface area contributed by atoms with Crippen LogP contribution in [0.1, 0.15) is 6.85 Å². The molecule has 0 aromatic heterocycles. The van der Waals surface area contributed by atoms with E-state index < -0.39 is 6.04 Å². The highest BCUT2D eigenvalue weighted by atomic mass is 35.5. The largest absolute Gasteiger partial charge is 0.0836 e. The summed E-state index contributed by atoms with van der Waals surface area (Å²) in [4.78, 5) is 0. The third-order valence-corrected chi connectivity index (χ3v) is 3.16. The maximum atomic E-state index is 8.20. The van der Waals surface area contributed by atoms with Crippen LogP contribution in [-0.2, 0) is 0 Å². The molecule has 0 unspecified atom stereocenters. The Bertz CT molecular complexity index is 893. The Morgan fingerprint density at radius 3 is 2.21 bits per heavy atom. The minimum absolute atomic E-state index is 0.116. The monoisotopic (exact) mass is 269 g/mol. The minimum atomic E-state index is -0.415. The van der Waals surface area contributed by atoms with E-state index in [0.717, 1.165) is 11.1 Å². The summed E-state index contributed by atoms with van der Waals surface area (Å²) in [6.07, 6.45) is 0. The van der Waals surface area contributed by atoms with Gasteiger partial charge in [-0.05, 0) is 22.8 Å². The molecule has 0 N–H and O–H groups in total. The molecule has 19 heavy (non-hydrogen) atoms. The van der Waals surface area contributed by atoms with Crippen molar-refractivity contribution in [2.24, 2.45) is 0 Å². The molecule has 0 bridgehead atoms. The van der Waals surface area contributed by atoms with Gasteiger partial charge >= 0.3 is 0 Å². The normalized spacial score (nSPS) is 14.1. The molecule has 0 heterocycles. The Labute approximate surface area is 125 Å². The lowest BCUT2D eigenvalue weighted by atomic mass is 9.94. The summed E-state index contributed by atoms with van der Waals surface area (Å²) >= 11 is 6.37. The second kappa shape index (κ2) is 5.29. The van der Waals surface area contributed by atoms with Crippen LogP contribution in [0, 0.1) is 0 Å². The van der Waals surface area contributed by atoms with Crippen LogP contribution in [0.5, 0.6) is 0 Å². The highest BCUT2D eigenvalue weighted by molar-refractivity contribution is 6.34. The van der Waals surface area contributed by atoms with E-state index in [9.17, 15) is 0 Å². The minimum Gasteiger partial charge on any atom is -0.0836 e. The summed E-state index contributed by atoms with van der Waals surface area (Å²) in [5.41, 5.74) is 2.15. The standard InChI is InChI=1S/C18H13Cl/c19-17-13-7-12-16(14-8-3-1-4-9-14)18(17)15-10-5-2-6-11-15/h1-13H/i2D,5D,6D,10D,11D. The molecule has 3 aromatic carbocycles. The fraction of sp³-hybridized carbons (Fsp3) is 0. The van der Waals surface area contributed by atoms with Gasteiger partial charge in [0, 0.05) is 10.6 Å². The van der Waals surface area contributed by atoms with Gasteiger partial charge in [-0.3, -0.25) is 0 Å². The first kappa shape index (κ1) is 7.52. The quantitative estimate of drug-likeness (QED) is 0.562. The van der Waals surface area contributed by atoms with Gasteiger partial charge in [0.05, 0.1) is 6.85 Å². The zero-order valence-corrected chi connectivity index (χ0v) is 10.8. The fourth-order valence-corrected chi connectivity index (χ4v) is 2.28. The average Bonchev–Trinajstić information content (AvgIpc) is 2.60. The molecule has 1 heteroatoms. The van der Waals surface area contributed by atoms with E-state index in [1.807, 2.05) is 36.4 Å². The van der Waals surface area contributed by atoms with Gasteiger partial charge in [0.25, 0.3) is 0 Å². The van der Waals surface area contributed by atoms with Gasteiger partial charge in [0.1, 0.15) is 0 Å². The van der Waals surface area contributed by atoms with Crippen LogP contribution in [0.25, 0.3) is 22.3 Å². The molecule has 0 aliphatic heterocycles. The van der Waals surface area contributed by atoms with Crippen LogP contribution < -0.4 is 0 Å². The van der Waals surface area contributed by atoms with Crippen molar-refractivity contribution in [3.05, 3.63) is 83.8 Å². The summed E-state index contributed by atoms with van der Waals surface area (Å²) in [5.74, 6) is 0. The van der Waals surface area contributed by atoms with Crippen LogP contribution in [0.3, 0.4) is 0 Å². The predicted molar refractivity (Wildman–Crippen MR) is 82.3 cm³/mol. The summed E-state index contributed by atoms with van der Waals surface area (Å²) in [6, 6.07) is 13.0.